The Bertz CT molecular complexity index is 667. The molecular weight excluding hydrogens is 300 g/mol. The lowest BCUT2D eigenvalue weighted by atomic mass is 9.84. The molecule has 126 valence electrons. The molecule has 4 heteroatoms. The summed E-state index contributed by atoms with van der Waals surface area (Å²) in [5.41, 5.74) is 1.65. The minimum atomic E-state index is -0.159. The second-order valence-electron chi connectivity index (χ2n) is 6.40. The van der Waals surface area contributed by atoms with Crippen LogP contribution in [0.15, 0.2) is 60.7 Å². The first-order chi connectivity index (χ1) is 11.5. The molecule has 0 saturated heterocycles. The molecule has 0 aliphatic rings. The fourth-order valence-electron chi connectivity index (χ4n) is 2.38. The number of amides is 2. The fourth-order valence-corrected chi connectivity index (χ4v) is 2.38. The van der Waals surface area contributed by atoms with Crippen molar-refractivity contribution in [2.75, 3.05) is 13.1 Å². The number of hydrogen-bond donors (Lipinski definition) is 2. The van der Waals surface area contributed by atoms with Gasteiger partial charge in [0, 0.05) is 30.5 Å². The van der Waals surface area contributed by atoms with Gasteiger partial charge in [-0.05, 0) is 17.7 Å². The smallest absolute Gasteiger partial charge is 0.251 e. The van der Waals surface area contributed by atoms with Crippen LogP contribution in [-0.2, 0) is 10.2 Å². The van der Waals surface area contributed by atoms with Crippen molar-refractivity contribution in [3.8, 4) is 0 Å². The zero-order valence-electron chi connectivity index (χ0n) is 14.2. The summed E-state index contributed by atoms with van der Waals surface area (Å²) < 4.78 is 0. The number of carbonyl (C=O) groups excluding carboxylic acids is 2. The summed E-state index contributed by atoms with van der Waals surface area (Å²) in [6.07, 6.45) is 0.267. The third-order valence-electron chi connectivity index (χ3n) is 3.96. The molecule has 0 bridgehead atoms. The van der Waals surface area contributed by atoms with Gasteiger partial charge >= 0.3 is 0 Å². The van der Waals surface area contributed by atoms with Crippen LogP contribution in [0.5, 0.6) is 0 Å². The number of nitrogens with one attached hydrogen (secondary N) is 2. The van der Waals surface area contributed by atoms with E-state index < -0.39 is 0 Å². The maximum atomic E-state index is 12.0. The quantitative estimate of drug-likeness (QED) is 0.823. The predicted molar refractivity (Wildman–Crippen MR) is 95.9 cm³/mol. The molecule has 2 N–H and O–H groups in total. The van der Waals surface area contributed by atoms with E-state index in [1.54, 1.807) is 12.1 Å². The molecule has 4 nitrogen and oxygen atoms in total. The third kappa shape index (κ3) is 5.23. The summed E-state index contributed by atoms with van der Waals surface area (Å²) >= 11 is 0. The van der Waals surface area contributed by atoms with Crippen LogP contribution in [0.3, 0.4) is 0 Å². The first kappa shape index (κ1) is 17.7. The van der Waals surface area contributed by atoms with E-state index in [2.05, 4.69) is 36.6 Å². The van der Waals surface area contributed by atoms with E-state index in [-0.39, 0.29) is 23.7 Å². The molecule has 0 unspecified atom stereocenters. The molecule has 24 heavy (non-hydrogen) atoms. The molecule has 0 aliphatic carbocycles. The summed E-state index contributed by atoms with van der Waals surface area (Å²) in [5.74, 6) is -0.222. The van der Waals surface area contributed by atoms with Gasteiger partial charge in [-0.25, -0.2) is 0 Å². The van der Waals surface area contributed by atoms with Gasteiger partial charge in [-0.15, -0.1) is 0 Å². The Balaban J connectivity index is 1.73. The average Bonchev–Trinajstić information content (AvgIpc) is 2.61. The SMILES string of the molecule is CC(C)(CNC(=O)CCNC(=O)c1ccccc1)c1ccccc1. The summed E-state index contributed by atoms with van der Waals surface area (Å²) in [7, 11) is 0. The maximum absolute atomic E-state index is 12.0. The van der Waals surface area contributed by atoms with Crippen LogP contribution in [-0.4, -0.2) is 24.9 Å². The number of carbonyl (C=O) groups is 2. The Morgan fingerprint density at radius 2 is 1.46 bits per heavy atom. The van der Waals surface area contributed by atoms with Crippen LogP contribution in [0.2, 0.25) is 0 Å². The van der Waals surface area contributed by atoms with Crippen molar-refractivity contribution >= 4 is 11.8 Å². The van der Waals surface area contributed by atoms with Crippen molar-refractivity contribution in [2.45, 2.75) is 25.7 Å². The summed E-state index contributed by atoms with van der Waals surface area (Å²) in [6.45, 7) is 5.08. The standard InChI is InChI=1S/C20H24N2O2/c1-20(2,17-11-7-4-8-12-17)15-22-18(23)13-14-21-19(24)16-9-5-3-6-10-16/h3-12H,13-15H2,1-2H3,(H,21,24)(H,22,23). The Morgan fingerprint density at radius 3 is 2.08 bits per heavy atom. The average molecular weight is 324 g/mol. The number of hydrogen-bond acceptors (Lipinski definition) is 2. The van der Waals surface area contributed by atoms with E-state index in [1.165, 1.54) is 5.56 Å². The maximum Gasteiger partial charge on any atom is 0.251 e. The highest BCUT2D eigenvalue weighted by atomic mass is 16.2. The minimum absolute atomic E-state index is 0.0626. The van der Waals surface area contributed by atoms with E-state index >= 15 is 0 Å². The second kappa shape index (κ2) is 8.29. The van der Waals surface area contributed by atoms with Crippen LogP contribution in [0.4, 0.5) is 0 Å². The van der Waals surface area contributed by atoms with Crippen LogP contribution in [0, 0.1) is 0 Å². The zero-order chi connectivity index (χ0) is 17.4. The molecular formula is C20H24N2O2. The monoisotopic (exact) mass is 324 g/mol. The molecule has 0 heterocycles. The molecule has 0 radical (unpaired) electrons. The highest BCUT2D eigenvalue weighted by Crippen LogP contribution is 2.21. The largest absolute Gasteiger partial charge is 0.355 e. The van der Waals surface area contributed by atoms with E-state index in [4.69, 9.17) is 0 Å². The molecule has 0 aromatic heterocycles. The van der Waals surface area contributed by atoms with Crippen molar-refractivity contribution in [1.29, 1.82) is 0 Å². The minimum Gasteiger partial charge on any atom is -0.355 e. The van der Waals surface area contributed by atoms with Crippen LogP contribution in [0.1, 0.15) is 36.2 Å². The molecule has 0 atom stereocenters. The Morgan fingerprint density at radius 1 is 0.875 bits per heavy atom. The van der Waals surface area contributed by atoms with Gasteiger partial charge in [0.25, 0.3) is 5.91 Å². The Hall–Kier alpha value is -2.62. The zero-order valence-corrected chi connectivity index (χ0v) is 14.2. The molecule has 2 aromatic carbocycles. The summed E-state index contributed by atoms with van der Waals surface area (Å²) in [5, 5.41) is 5.70. The van der Waals surface area contributed by atoms with E-state index in [0.717, 1.165) is 0 Å². The molecule has 0 saturated carbocycles. The number of rotatable bonds is 7. The number of benzene rings is 2. The van der Waals surface area contributed by atoms with Gasteiger partial charge in [0.05, 0.1) is 0 Å². The van der Waals surface area contributed by atoms with Crippen molar-refractivity contribution in [3.05, 3.63) is 71.8 Å². The lowest BCUT2D eigenvalue weighted by Crippen LogP contribution is -2.38. The molecule has 2 rings (SSSR count). The summed E-state index contributed by atoms with van der Waals surface area (Å²) in [4.78, 5) is 23.9. The van der Waals surface area contributed by atoms with E-state index in [9.17, 15) is 9.59 Å². The van der Waals surface area contributed by atoms with Crippen LogP contribution >= 0.6 is 0 Å². The molecule has 2 amide bonds. The van der Waals surface area contributed by atoms with Crippen molar-refractivity contribution in [1.82, 2.24) is 10.6 Å². The van der Waals surface area contributed by atoms with E-state index in [1.807, 2.05) is 36.4 Å². The first-order valence-corrected chi connectivity index (χ1v) is 8.14. The topological polar surface area (TPSA) is 58.2 Å². The lowest BCUT2D eigenvalue weighted by molar-refractivity contribution is -0.121. The van der Waals surface area contributed by atoms with Crippen molar-refractivity contribution in [2.24, 2.45) is 0 Å². The van der Waals surface area contributed by atoms with Crippen molar-refractivity contribution in [3.63, 3.8) is 0 Å². The van der Waals surface area contributed by atoms with E-state index in [0.29, 0.717) is 18.7 Å². The Labute approximate surface area is 143 Å². The fraction of sp³-hybridized carbons (Fsp3) is 0.300. The second-order valence-corrected chi connectivity index (χ2v) is 6.40. The van der Waals surface area contributed by atoms with Gasteiger partial charge in [-0.3, -0.25) is 9.59 Å². The van der Waals surface area contributed by atoms with Gasteiger partial charge in [-0.2, -0.15) is 0 Å². The molecule has 0 fully saturated rings. The highest BCUT2D eigenvalue weighted by Gasteiger charge is 2.20. The van der Waals surface area contributed by atoms with Crippen LogP contribution < -0.4 is 10.6 Å². The van der Waals surface area contributed by atoms with Gasteiger partial charge in [0.2, 0.25) is 5.91 Å². The normalized spacial score (nSPS) is 10.9. The summed E-state index contributed by atoms with van der Waals surface area (Å²) in [6, 6.07) is 19.1. The van der Waals surface area contributed by atoms with Gasteiger partial charge in [-0.1, -0.05) is 62.4 Å². The Kier molecular flexibility index (Phi) is 6.13. The third-order valence-corrected chi connectivity index (χ3v) is 3.96. The van der Waals surface area contributed by atoms with Gasteiger partial charge in [0.1, 0.15) is 0 Å². The molecule has 2 aromatic rings. The molecule has 0 aliphatic heterocycles. The van der Waals surface area contributed by atoms with Crippen LogP contribution in [0.25, 0.3) is 0 Å². The lowest BCUT2D eigenvalue weighted by Gasteiger charge is -2.25. The first-order valence-electron chi connectivity index (χ1n) is 8.14. The van der Waals surface area contributed by atoms with Gasteiger partial charge < -0.3 is 10.6 Å². The van der Waals surface area contributed by atoms with Gasteiger partial charge in [0.15, 0.2) is 0 Å². The highest BCUT2D eigenvalue weighted by molar-refractivity contribution is 5.94. The van der Waals surface area contributed by atoms with Crippen molar-refractivity contribution < 1.29 is 9.59 Å². The molecule has 0 spiro atoms. The predicted octanol–water partition coefficient (Wildman–Crippen LogP) is 2.90.